The van der Waals surface area contributed by atoms with Crippen LogP contribution in [0.1, 0.15) is 222 Å². The summed E-state index contributed by atoms with van der Waals surface area (Å²) >= 11 is 3.15. The molecule has 0 atom stereocenters. The lowest BCUT2D eigenvalue weighted by molar-refractivity contribution is -0.119. The van der Waals surface area contributed by atoms with Gasteiger partial charge in [0.1, 0.15) is 19.8 Å². The molecule has 16 heteroatoms. The molecule has 0 saturated heterocycles. The fourth-order valence-electron chi connectivity index (χ4n) is 6.11. The van der Waals surface area contributed by atoms with Gasteiger partial charge in [-0.05, 0) is 65.2 Å². The lowest BCUT2D eigenvalue weighted by atomic mass is 10.4. The summed E-state index contributed by atoms with van der Waals surface area (Å²) in [5, 5.41) is 1.06. The summed E-state index contributed by atoms with van der Waals surface area (Å²) in [4.78, 5) is 0. The first-order valence-electron chi connectivity index (χ1n) is 23.4. The highest BCUT2D eigenvalue weighted by molar-refractivity contribution is 9.09. The zero-order valence-corrected chi connectivity index (χ0v) is 46.8. The minimum atomic E-state index is -3.67. The van der Waals surface area contributed by atoms with Crippen LogP contribution in [0.25, 0.3) is 0 Å². The fraction of sp³-hybridized carbons (Fsp3) is 1.00. The Balaban J connectivity index is -0.0000000458. The lowest BCUT2D eigenvalue weighted by Crippen LogP contribution is -3.00. The highest BCUT2D eigenvalue weighted by atomic mass is 79.9. The van der Waals surface area contributed by atoms with E-state index in [0.29, 0.717) is 0 Å². The maximum atomic E-state index is 9.67. The number of hydrogen-bond donors (Lipinski definition) is 0. The molecule has 2 nitrogen and oxygen atoms in total. The highest BCUT2D eigenvalue weighted by Crippen LogP contribution is 2.62. The van der Waals surface area contributed by atoms with Crippen LogP contribution in [0.3, 0.4) is 0 Å². The topological polar surface area (TPSA) is 11.9 Å². The van der Waals surface area contributed by atoms with Gasteiger partial charge in [0.15, 0.2) is 0 Å². The Morgan fingerprint density at radius 2 is 0.508 bits per heavy atom. The largest absolute Gasteiger partial charge is 1.00 e. The van der Waals surface area contributed by atoms with Gasteiger partial charge in [0, 0.05) is 53.8 Å². The summed E-state index contributed by atoms with van der Waals surface area (Å²) < 4.78 is 65.9. The molecule has 0 fully saturated rings. The van der Waals surface area contributed by atoms with Crippen LogP contribution in [0, 0.1) is 0 Å². The Bertz CT molecular complexity index is 534. The van der Waals surface area contributed by atoms with Gasteiger partial charge in [-0.1, -0.05) is 152 Å². The van der Waals surface area contributed by atoms with Crippen molar-refractivity contribution in [3.63, 3.8) is 0 Å². The quantitative estimate of drug-likeness (QED) is 0.0239. The van der Waals surface area contributed by atoms with Gasteiger partial charge in [-0.15, -0.1) is 0 Å². The van der Waals surface area contributed by atoms with Gasteiger partial charge in [-0.25, -0.2) is 0 Å². The second kappa shape index (κ2) is 86.5. The van der Waals surface area contributed by atoms with E-state index in [4.69, 9.17) is 4.74 Å². The minimum Gasteiger partial charge on any atom is -1.00 e. The summed E-state index contributed by atoms with van der Waals surface area (Å²) in [5.41, 5.74) is 0. The number of alkyl halides is 1. The predicted molar refractivity (Wildman–Crippen MR) is 285 cm³/mol. The van der Waals surface area contributed by atoms with Gasteiger partial charge in [0.2, 0.25) is 0 Å². The van der Waals surface area contributed by atoms with Crippen LogP contribution < -0.4 is 26.4 Å². The Kier molecular flexibility index (Phi) is 134. The van der Waals surface area contributed by atoms with Crippen molar-refractivity contribution in [3.8, 4) is 0 Å². The predicted octanol–water partition coefficient (Wildman–Crippen LogP) is 11.1. The number of unbranched alkanes of at least 4 members (excludes halogenated alkanes) is 8. The van der Waals surface area contributed by atoms with Crippen molar-refractivity contribution in [3.05, 3.63) is 0 Å². The molecule has 0 aliphatic heterocycles. The van der Waals surface area contributed by atoms with E-state index in [2.05, 4.69) is 96.5 Å². The smallest absolute Gasteiger partial charge is 0.762 e. The van der Waals surface area contributed by atoms with Crippen molar-refractivity contribution < 1.29 is 61.4 Å². The molecule has 0 amide bonds. The molecule has 400 valence electrons. The van der Waals surface area contributed by atoms with Gasteiger partial charge in [-0.2, -0.15) is 0 Å². The van der Waals surface area contributed by atoms with Crippen molar-refractivity contribution in [2.45, 2.75) is 222 Å². The normalized spacial score (nSPS) is 9.43. The van der Waals surface area contributed by atoms with Crippen molar-refractivity contribution in [1.82, 2.24) is 0 Å². The van der Waals surface area contributed by atoms with Crippen molar-refractivity contribution >= 4 is 45.5 Å². The van der Waals surface area contributed by atoms with Gasteiger partial charge >= 0.3 is 15.1 Å². The highest BCUT2D eigenvalue weighted by Gasteiger charge is 2.35. The second-order valence-electron chi connectivity index (χ2n) is 14.3. The van der Waals surface area contributed by atoms with E-state index < -0.39 is 29.6 Å². The molecule has 0 unspecified atom stereocenters. The zero-order chi connectivity index (χ0) is 45.7. The summed E-state index contributed by atoms with van der Waals surface area (Å²) in [6, 6.07) is 0. The first-order chi connectivity index (χ1) is 27.1. The van der Waals surface area contributed by atoms with E-state index in [1.54, 1.807) is 49.3 Å². The van der Waals surface area contributed by atoms with E-state index in [9.17, 15) is 25.9 Å². The third-order valence-corrected chi connectivity index (χ3v) is 19.6. The zero-order valence-electron chi connectivity index (χ0n) is 41.9. The van der Waals surface area contributed by atoms with E-state index in [1.165, 1.54) is 103 Å². The Labute approximate surface area is 414 Å². The van der Waals surface area contributed by atoms with Crippen LogP contribution in [-0.2, 0) is 9.10 Å². The molecule has 0 radical (unpaired) electrons. The summed E-state index contributed by atoms with van der Waals surface area (Å²) in [7, 11) is -8.46. The summed E-state index contributed by atoms with van der Waals surface area (Å²) in [6.07, 6.45) is 35.9. The summed E-state index contributed by atoms with van der Waals surface area (Å²) in [6.45, 7) is 36.3. The third kappa shape index (κ3) is 97.9. The average molecular weight is 1110 g/mol. The molecule has 0 spiro atoms. The van der Waals surface area contributed by atoms with E-state index in [1.807, 2.05) is 20.8 Å². The molecular weight excluding hydrogens is 992 g/mol. The first-order valence-corrected chi connectivity index (χ1v) is 29.6. The Morgan fingerprint density at radius 1 is 0.381 bits per heavy atom. The fourth-order valence-corrected chi connectivity index (χ4v) is 16.7. The van der Waals surface area contributed by atoms with Gasteiger partial charge < -0.3 is 35.5 Å². The SMILES string of the molecule is C.C.C.CCBr.CCCC[P+](CCCC)(CCCC)CCCC.CCCC[P+](CCCC)(CCCC)CCCC.CCOCC.CC[O+](CC)CC.FB(F)F.FB(F)F.[Br-].[F-].[F-]. The minimum absolute atomic E-state index is 0. The second-order valence-corrected chi connectivity index (χ2v) is 24.4. The van der Waals surface area contributed by atoms with E-state index >= 15 is 0 Å². The molecule has 0 bridgehead atoms. The van der Waals surface area contributed by atoms with Crippen LogP contribution >= 0.6 is 30.5 Å². The monoisotopic (exact) mass is 1100 g/mol. The van der Waals surface area contributed by atoms with E-state index in [0.717, 1.165) is 38.4 Å². The van der Waals surface area contributed by atoms with E-state index in [-0.39, 0.29) is 48.7 Å². The van der Waals surface area contributed by atoms with Crippen molar-refractivity contribution in [2.24, 2.45) is 0 Å². The van der Waals surface area contributed by atoms with Crippen LogP contribution in [0.4, 0.5) is 25.9 Å². The molecule has 0 heterocycles. The van der Waals surface area contributed by atoms with Gasteiger partial charge in [0.25, 0.3) is 0 Å². The molecule has 0 aromatic heterocycles. The van der Waals surface area contributed by atoms with Gasteiger partial charge in [0.05, 0.1) is 49.3 Å². The Hall–Kier alpha value is 1.31. The van der Waals surface area contributed by atoms with Crippen LogP contribution in [0.2, 0.25) is 0 Å². The molecule has 0 aromatic carbocycles. The molecule has 0 aliphatic rings. The maximum Gasteiger partial charge on any atom is 0.762 e. The van der Waals surface area contributed by atoms with Crippen LogP contribution in [-0.4, -0.2) is 103 Å². The molecule has 0 aliphatic carbocycles. The van der Waals surface area contributed by atoms with Crippen molar-refractivity contribution in [2.75, 3.05) is 87.7 Å². The molecule has 63 heavy (non-hydrogen) atoms. The molecule has 0 rings (SSSR count). The first kappa shape index (κ1) is 97.9. The number of halogens is 10. The maximum absolute atomic E-state index is 9.67. The van der Waals surface area contributed by atoms with Crippen LogP contribution in [0.15, 0.2) is 0 Å². The third-order valence-electron chi connectivity index (χ3n) is 9.52. The number of rotatable bonds is 29. The lowest BCUT2D eigenvalue weighted by Gasteiger charge is -2.28. The number of ether oxygens (including phenoxy) is 1. The Morgan fingerprint density at radius 3 is 0.556 bits per heavy atom. The molecular formula is C47H114B2Br2F8O2P2. The molecule has 0 saturated carbocycles. The average Bonchev–Trinajstić information content (AvgIpc) is 3.18. The standard InChI is InChI=1S/2C16H36P.C6H15O.C4H10O.C2H5Br.3CH4.2BF3.BrH.2FH/c2*1-5-9-13-17(14-10-6-2,15-11-7-3)16-12-8-4;1-4-7(5-2)6-3;1-3-5-4-2;1-2-3;;;;2*2-1(3)4;;;/h2*5-16H2,1-4H3;4-6H2,1-3H3;3-4H2,1-2H3;2H2,1H3;3*1H4;;;3*1H/q3*+1;;;;;;;;;;/p-3. The molecule has 0 N–H and O–H groups in total. The molecule has 0 aromatic rings. The number of hydrogen-bond acceptors (Lipinski definition) is 1. The van der Waals surface area contributed by atoms with Crippen LogP contribution in [0.5, 0.6) is 0 Å². The summed E-state index contributed by atoms with van der Waals surface area (Å²) in [5.74, 6) is 0. The van der Waals surface area contributed by atoms with Crippen molar-refractivity contribution in [1.29, 1.82) is 0 Å². The van der Waals surface area contributed by atoms with Gasteiger partial charge in [-0.3, -0.25) is 25.9 Å².